The molecule has 23 heavy (non-hydrogen) atoms. The number of hydrogen-bond acceptors (Lipinski definition) is 3. The highest BCUT2D eigenvalue weighted by Gasteiger charge is 2.04. The van der Waals surface area contributed by atoms with E-state index in [0.717, 1.165) is 32.2 Å². The van der Waals surface area contributed by atoms with E-state index >= 15 is 0 Å². The molecule has 0 aliphatic rings. The predicted octanol–water partition coefficient (Wildman–Crippen LogP) is 3.77. The van der Waals surface area contributed by atoms with Gasteiger partial charge in [-0.3, -0.25) is 4.79 Å². The first-order chi connectivity index (χ1) is 11.2. The zero-order valence-corrected chi connectivity index (χ0v) is 15.5. The van der Waals surface area contributed by atoms with E-state index in [2.05, 4.69) is 24.5 Å². The number of carbonyl (C=O) groups excluding carboxylic acids is 1. The lowest BCUT2D eigenvalue weighted by Gasteiger charge is -2.12. The molecule has 0 bridgehead atoms. The smallest absolute Gasteiger partial charge is 0.220 e. The Morgan fingerprint density at radius 3 is 2.13 bits per heavy atom. The van der Waals surface area contributed by atoms with Gasteiger partial charge in [0.2, 0.25) is 5.91 Å². The summed E-state index contributed by atoms with van der Waals surface area (Å²) in [5.74, 6) is 0.133. The Morgan fingerprint density at radius 2 is 1.48 bits per heavy atom. The molecule has 0 saturated heterocycles. The van der Waals surface area contributed by atoms with Crippen LogP contribution < -0.4 is 10.6 Å². The fourth-order valence-corrected chi connectivity index (χ4v) is 2.60. The molecule has 4 heteroatoms. The molecular formula is C19H40N2O2. The lowest BCUT2D eigenvalue weighted by atomic mass is 10.1. The third-order valence-electron chi connectivity index (χ3n) is 4.15. The normalized spacial score (nSPS) is 12.3. The summed E-state index contributed by atoms with van der Waals surface area (Å²) in [6.45, 7) is 6.33. The molecule has 4 nitrogen and oxygen atoms in total. The summed E-state index contributed by atoms with van der Waals surface area (Å²) in [6, 6.07) is 0. The molecule has 1 atom stereocenters. The summed E-state index contributed by atoms with van der Waals surface area (Å²) >= 11 is 0. The molecule has 0 rings (SSSR count). The van der Waals surface area contributed by atoms with Crippen molar-refractivity contribution in [3.8, 4) is 0 Å². The molecule has 0 heterocycles. The van der Waals surface area contributed by atoms with Crippen LogP contribution in [0, 0.1) is 0 Å². The molecule has 0 aliphatic carbocycles. The van der Waals surface area contributed by atoms with Gasteiger partial charge in [0.15, 0.2) is 0 Å². The summed E-state index contributed by atoms with van der Waals surface area (Å²) < 4.78 is 0. The lowest BCUT2D eigenvalue weighted by Crippen LogP contribution is -2.35. The average Bonchev–Trinajstić information content (AvgIpc) is 2.55. The SMILES string of the molecule is CCCCCCCCCCC(O)CNCCNC(=O)CCCC. The van der Waals surface area contributed by atoms with Crippen molar-refractivity contribution in [3.05, 3.63) is 0 Å². The van der Waals surface area contributed by atoms with E-state index in [9.17, 15) is 9.90 Å². The van der Waals surface area contributed by atoms with Crippen molar-refractivity contribution in [2.45, 2.75) is 97.0 Å². The van der Waals surface area contributed by atoms with Gasteiger partial charge in [0, 0.05) is 26.1 Å². The Kier molecular flexibility index (Phi) is 17.3. The maximum Gasteiger partial charge on any atom is 0.220 e. The number of aliphatic hydroxyl groups is 1. The van der Waals surface area contributed by atoms with Gasteiger partial charge >= 0.3 is 0 Å². The van der Waals surface area contributed by atoms with Gasteiger partial charge < -0.3 is 15.7 Å². The van der Waals surface area contributed by atoms with Gasteiger partial charge in [-0.2, -0.15) is 0 Å². The highest BCUT2D eigenvalue weighted by Crippen LogP contribution is 2.10. The Hall–Kier alpha value is -0.610. The molecule has 0 radical (unpaired) electrons. The summed E-state index contributed by atoms with van der Waals surface area (Å²) in [4.78, 5) is 11.4. The molecule has 0 aliphatic heterocycles. The second-order valence-corrected chi connectivity index (χ2v) is 6.58. The van der Waals surface area contributed by atoms with E-state index in [1.165, 1.54) is 44.9 Å². The van der Waals surface area contributed by atoms with Crippen molar-refractivity contribution in [3.63, 3.8) is 0 Å². The Morgan fingerprint density at radius 1 is 0.870 bits per heavy atom. The number of carbonyl (C=O) groups is 1. The first-order valence-electron chi connectivity index (χ1n) is 9.86. The second-order valence-electron chi connectivity index (χ2n) is 6.58. The minimum absolute atomic E-state index is 0.133. The molecule has 0 aromatic heterocycles. The molecule has 0 aromatic rings. The highest BCUT2D eigenvalue weighted by atomic mass is 16.3. The quantitative estimate of drug-likeness (QED) is 0.356. The van der Waals surface area contributed by atoms with Crippen molar-refractivity contribution in [1.29, 1.82) is 0 Å². The van der Waals surface area contributed by atoms with E-state index in [0.29, 0.717) is 19.5 Å². The van der Waals surface area contributed by atoms with E-state index < -0.39 is 0 Å². The summed E-state index contributed by atoms with van der Waals surface area (Å²) in [7, 11) is 0. The van der Waals surface area contributed by atoms with Gasteiger partial charge in [0.25, 0.3) is 0 Å². The molecule has 0 saturated carbocycles. The van der Waals surface area contributed by atoms with Crippen molar-refractivity contribution in [2.24, 2.45) is 0 Å². The molecule has 0 spiro atoms. The second kappa shape index (κ2) is 17.7. The van der Waals surface area contributed by atoms with Gasteiger partial charge in [0.1, 0.15) is 0 Å². The van der Waals surface area contributed by atoms with Crippen LogP contribution in [0.25, 0.3) is 0 Å². The topological polar surface area (TPSA) is 61.4 Å². The van der Waals surface area contributed by atoms with Crippen LogP contribution in [0.3, 0.4) is 0 Å². The fraction of sp³-hybridized carbons (Fsp3) is 0.947. The van der Waals surface area contributed by atoms with Crippen molar-refractivity contribution in [1.82, 2.24) is 10.6 Å². The van der Waals surface area contributed by atoms with Crippen molar-refractivity contribution >= 4 is 5.91 Å². The number of nitrogens with one attached hydrogen (secondary N) is 2. The summed E-state index contributed by atoms with van der Waals surface area (Å²) in [6.07, 6.45) is 13.6. The molecule has 1 unspecified atom stereocenters. The Bertz CT molecular complexity index is 260. The molecule has 0 aromatic carbocycles. The van der Waals surface area contributed by atoms with Crippen LogP contribution in [0.2, 0.25) is 0 Å². The van der Waals surface area contributed by atoms with Gasteiger partial charge in [-0.1, -0.05) is 71.6 Å². The third kappa shape index (κ3) is 17.6. The third-order valence-corrected chi connectivity index (χ3v) is 4.15. The number of aliphatic hydroxyl groups excluding tert-OH is 1. The van der Waals surface area contributed by atoms with Gasteiger partial charge in [-0.15, -0.1) is 0 Å². The number of unbranched alkanes of at least 4 members (excludes halogenated alkanes) is 8. The van der Waals surface area contributed by atoms with Crippen LogP contribution in [0.15, 0.2) is 0 Å². The van der Waals surface area contributed by atoms with Gasteiger partial charge in [-0.05, 0) is 12.8 Å². The zero-order valence-electron chi connectivity index (χ0n) is 15.5. The van der Waals surface area contributed by atoms with E-state index in [-0.39, 0.29) is 12.0 Å². The van der Waals surface area contributed by atoms with Gasteiger partial charge in [-0.25, -0.2) is 0 Å². The van der Waals surface area contributed by atoms with Gasteiger partial charge in [0.05, 0.1) is 6.10 Å². The lowest BCUT2D eigenvalue weighted by molar-refractivity contribution is -0.121. The van der Waals surface area contributed by atoms with Crippen LogP contribution in [0.5, 0.6) is 0 Å². The fourth-order valence-electron chi connectivity index (χ4n) is 2.60. The van der Waals surface area contributed by atoms with Crippen LogP contribution in [-0.4, -0.2) is 36.8 Å². The molecule has 1 amide bonds. The van der Waals surface area contributed by atoms with E-state index in [1.807, 2.05) is 0 Å². The van der Waals surface area contributed by atoms with Crippen molar-refractivity contribution < 1.29 is 9.90 Å². The number of rotatable bonds is 17. The maximum atomic E-state index is 11.4. The standard InChI is InChI=1S/C19H40N2O2/c1-3-5-7-8-9-10-11-12-13-18(22)17-20-15-16-21-19(23)14-6-4-2/h18,20,22H,3-17H2,1-2H3,(H,21,23). The Labute approximate surface area is 143 Å². The first kappa shape index (κ1) is 22.4. The number of amides is 1. The van der Waals surface area contributed by atoms with Crippen LogP contribution in [0.4, 0.5) is 0 Å². The maximum absolute atomic E-state index is 11.4. The minimum atomic E-state index is -0.258. The van der Waals surface area contributed by atoms with Crippen LogP contribution >= 0.6 is 0 Å². The highest BCUT2D eigenvalue weighted by molar-refractivity contribution is 5.75. The summed E-state index contributed by atoms with van der Waals surface area (Å²) in [5.41, 5.74) is 0. The van der Waals surface area contributed by atoms with Crippen LogP contribution in [-0.2, 0) is 4.79 Å². The molecule has 3 N–H and O–H groups in total. The Balaban J connectivity index is 3.24. The van der Waals surface area contributed by atoms with Crippen molar-refractivity contribution in [2.75, 3.05) is 19.6 Å². The average molecular weight is 329 g/mol. The minimum Gasteiger partial charge on any atom is -0.392 e. The molecule has 138 valence electrons. The predicted molar refractivity (Wildman–Crippen MR) is 98.6 cm³/mol. The van der Waals surface area contributed by atoms with E-state index in [4.69, 9.17) is 0 Å². The first-order valence-corrected chi connectivity index (χ1v) is 9.86. The monoisotopic (exact) mass is 328 g/mol. The largest absolute Gasteiger partial charge is 0.392 e. The molecular weight excluding hydrogens is 288 g/mol. The number of hydrogen-bond donors (Lipinski definition) is 3. The molecule has 0 fully saturated rings. The van der Waals surface area contributed by atoms with E-state index in [1.54, 1.807) is 0 Å². The summed E-state index contributed by atoms with van der Waals surface area (Å²) in [5, 5.41) is 16.0. The zero-order chi connectivity index (χ0) is 17.2. The van der Waals surface area contributed by atoms with Crippen LogP contribution in [0.1, 0.15) is 90.9 Å².